The number of hydrogen-bond acceptors (Lipinski definition) is 3. The first-order valence-electron chi connectivity index (χ1n) is 4.18. The minimum atomic E-state index is 0.0538. The van der Waals surface area contributed by atoms with Crippen molar-refractivity contribution in [1.82, 2.24) is 4.98 Å². The molecule has 14 heavy (non-hydrogen) atoms. The van der Waals surface area contributed by atoms with Crippen LogP contribution in [0.2, 0.25) is 5.02 Å². The fraction of sp³-hybridized carbons (Fsp3) is 0.333. The van der Waals surface area contributed by atoms with Crippen LogP contribution in [0.25, 0.3) is 0 Å². The zero-order valence-electron chi connectivity index (χ0n) is 7.83. The molecule has 1 atom stereocenters. The molecule has 0 saturated heterocycles. The lowest BCUT2D eigenvalue weighted by molar-refractivity contribution is 0.877. The second kappa shape index (κ2) is 5.22. The van der Waals surface area contributed by atoms with E-state index in [1.54, 1.807) is 18.3 Å². The molecule has 0 radical (unpaired) electrons. The number of pyridine rings is 1. The first-order valence-corrected chi connectivity index (χ1v) is 5.55. The SMILES string of the molecule is CC(CSc1ncccc1Cl)C(=N)N. The molecule has 1 heterocycles. The number of hydrogen-bond donors (Lipinski definition) is 2. The van der Waals surface area contributed by atoms with E-state index in [1.807, 2.05) is 6.92 Å². The van der Waals surface area contributed by atoms with E-state index in [4.69, 9.17) is 22.7 Å². The molecule has 3 nitrogen and oxygen atoms in total. The molecule has 0 bridgehead atoms. The van der Waals surface area contributed by atoms with Gasteiger partial charge >= 0.3 is 0 Å². The van der Waals surface area contributed by atoms with Gasteiger partial charge in [0, 0.05) is 17.9 Å². The van der Waals surface area contributed by atoms with Crippen LogP contribution in [-0.2, 0) is 0 Å². The number of nitrogens with two attached hydrogens (primary N) is 1. The fourth-order valence-electron chi connectivity index (χ4n) is 0.771. The van der Waals surface area contributed by atoms with Gasteiger partial charge in [-0.2, -0.15) is 0 Å². The van der Waals surface area contributed by atoms with Crippen LogP contribution in [-0.4, -0.2) is 16.6 Å². The Morgan fingerprint density at radius 1 is 1.79 bits per heavy atom. The van der Waals surface area contributed by atoms with Crippen LogP contribution in [0, 0.1) is 11.3 Å². The average Bonchev–Trinajstić information content (AvgIpc) is 2.16. The molecule has 0 aliphatic carbocycles. The smallest absolute Gasteiger partial charge is 0.115 e. The molecule has 0 aliphatic rings. The van der Waals surface area contributed by atoms with Gasteiger partial charge in [-0.3, -0.25) is 5.41 Å². The highest BCUT2D eigenvalue weighted by molar-refractivity contribution is 7.99. The molecule has 0 fully saturated rings. The molecule has 76 valence electrons. The lowest BCUT2D eigenvalue weighted by Gasteiger charge is -2.08. The van der Waals surface area contributed by atoms with E-state index in [1.165, 1.54) is 11.8 Å². The van der Waals surface area contributed by atoms with Gasteiger partial charge in [-0.1, -0.05) is 18.5 Å². The van der Waals surface area contributed by atoms with Crippen LogP contribution < -0.4 is 5.73 Å². The summed E-state index contributed by atoms with van der Waals surface area (Å²) >= 11 is 7.44. The standard InChI is InChI=1S/C9H12ClN3S/c1-6(8(11)12)5-14-9-7(10)3-2-4-13-9/h2-4,6H,5H2,1H3,(H3,11,12). The van der Waals surface area contributed by atoms with Gasteiger partial charge in [0.25, 0.3) is 0 Å². The molecular formula is C9H12ClN3S. The molecular weight excluding hydrogens is 218 g/mol. The number of rotatable bonds is 4. The van der Waals surface area contributed by atoms with Gasteiger partial charge < -0.3 is 5.73 Å². The molecule has 1 aromatic rings. The summed E-state index contributed by atoms with van der Waals surface area (Å²) in [4.78, 5) is 4.13. The molecule has 0 aliphatic heterocycles. The molecule has 0 saturated carbocycles. The summed E-state index contributed by atoms with van der Waals surface area (Å²) in [6.45, 7) is 1.91. The van der Waals surface area contributed by atoms with Gasteiger partial charge in [0.15, 0.2) is 0 Å². The number of halogens is 1. The third-order valence-electron chi connectivity index (χ3n) is 1.73. The summed E-state index contributed by atoms with van der Waals surface area (Å²) in [5, 5.41) is 8.67. The van der Waals surface area contributed by atoms with Crippen LogP contribution in [0.4, 0.5) is 0 Å². The first kappa shape index (κ1) is 11.3. The van der Waals surface area contributed by atoms with Crippen LogP contribution in [0.1, 0.15) is 6.92 Å². The van der Waals surface area contributed by atoms with Crippen molar-refractivity contribution in [3.63, 3.8) is 0 Å². The predicted octanol–water partition coefficient (Wildman–Crippen LogP) is 2.40. The Labute approximate surface area is 92.6 Å². The largest absolute Gasteiger partial charge is 0.387 e. The minimum Gasteiger partial charge on any atom is -0.387 e. The van der Waals surface area contributed by atoms with Crippen LogP contribution in [0.15, 0.2) is 23.4 Å². The fourth-order valence-corrected chi connectivity index (χ4v) is 1.99. The second-order valence-corrected chi connectivity index (χ2v) is 4.37. The van der Waals surface area contributed by atoms with Gasteiger partial charge in [-0.15, -0.1) is 11.8 Å². The van der Waals surface area contributed by atoms with E-state index in [-0.39, 0.29) is 11.8 Å². The molecule has 0 spiro atoms. The van der Waals surface area contributed by atoms with Crippen molar-refractivity contribution in [3.8, 4) is 0 Å². The Morgan fingerprint density at radius 2 is 2.50 bits per heavy atom. The highest BCUT2D eigenvalue weighted by Crippen LogP contribution is 2.25. The van der Waals surface area contributed by atoms with Crippen molar-refractivity contribution in [2.24, 2.45) is 11.7 Å². The van der Waals surface area contributed by atoms with Gasteiger partial charge in [0.2, 0.25) is 0 Å². The van der Waals surface area contributed by atoms with Crippen molar-refractivity contribution < 1.29 is 0 Å². The van der Waals surface area contributed by atoms with Crippen molar-refractivity contribution in [3.05, 3.63) is 23.4 Å². The van der Waals surface area contributed by atoms with E-state index in [0.29, 0.717) is 5.02 Å². The van der Waals surface area contributed by atoms with E-state index in [2.05, 4.69) is 4.98 Å². The average molecular weight is 230 g/mol. The van der Waals surface area contributed by atoms with Crippen molar-refractivity contribution in [2.45, 2.75) is 11.9 Å². The van der Waals surface area contributed by atoms with E-state index in [9.17, 15) is 0 Å². The van der Waals surface area contributed by atoms with Gasteiger partial charge in [-0.25, -0.2) is 4.98 Å². The molecule has 3 N–H and O–H groups in total. The van der Waals surface area contributed by atoms with Crippen molar-refractivity contribution >= 4 is 29.2 Å². The summed E-state index contributed by atoms with van der Waals surface area (Å²) < 4.78 is 0. The summed E-state index contributed by atoms with van der Waals surface area (Å²) in [7, 11) is 0. The molecule has 1 rings (SSSR count). The molecule has 1 unspecified atom stereocenters. The number of amidine groups is 1. The van der Waals surface area contributed by atoms with E-state index in [0.717, 1.165) is 10.8 Å². The highest BCUT2D eigenvalue weighted by atomic mass is 35.5. The number of nitrogens with zero attached hydrogens (tertiary/aromatic N) is 1. The Morgan fingerprint density at radius 3 is 3.07 bits per heavy atom. The summed E-state index contributed by atoms with van der Waals surface area (Å²) in [5.74, 6) is 0.981. The third kappa shape index (κ3) is 3.20. The Bertz CT molecular complexity index is 330. The summed E-state index contributed by atoms with van der Waals surface area (Å²) in [6.07, 6.45) is 1.70. The zero-order chi connectivity index (χ0) is 10.6. The number of aromatic nitrogens is 1. The van der Waals surface area contributed by atoms with Crippen molar-refractivity contribution in [1.29, 1.82) is 5.41 Å². The minimum absolute atomic E-state index is 0.0538. The number of thioether (sulfide) groups is 1. The maximum Gasteiger partial charge on any atom is 0.115 e. The van der Waals surface area contributed by atoms with E-state index < -0.39 is 0 Å². The van der Waals surface area contributed by atoms with Crippen LogP contribution >= 0.6 is 23.4 Å². The Hall–Kier alpha value is -0.740. The Balaban J connectivity index is 2.54. The van der Waals surface area contributed by atoms with Gasteiger partial charge in [0.1, 0.15) is 5.03 Å². The second-order valence-electron chi connectivity index (χ2n) is 2.96. The molecule has 1 aromatic heterocycles. The lowest BCUT2D eigenvalue weighted by atomic mass is 10.2. The predicted molar refractivity (Wildman–Crippen MR) is 61.0 cm³/mol. The maximum atomic E-state index is 7.23. The van der Waals surface area contributed by atoms with Crippen LogP contribution in [0.3, 0.4) is 0 Å². The quantitative estimate of drug-likeness (QED) is 0.474. The van der Waals surface area contributed by atoms with Gasteiger partial charge in [-0.05, 0) is 12.1 Å². The zero-order valence-corrected chi connectivity index (χ0v) is 9.40. The maximum absolute atomic E-state index is 7.23. The Kier molecular flexibility index (Phi) is 4.22. The van der Waals surface area contributed by atoms with Crippen LogP contribution in [0.5, 0.6) is 0 Å². The number of nitrogens with one attached hydrogen (secondary N) is 1. The third-order valence-corrected chi connectivity index (χ3v) is 3.41. The lowest BCUT2D eigenvalue weighted by Crippen LogP contribution is -2.21. The van der Waals surface area contributed by atoms with E-state index >= 15 is 0 Å². The summed E-state index contributed by atoms with van der Waals surface area (Å²) in [6, 6.07) is 3.59. The molecule has 0 aromatic carbocycles. The topological polar surface area (TPSA) is 62.8 Å². The normalized spacial score (nSPS) is 12.4. The molecule has 0 amide bonds. The monoisotopic (exact) mass is 229 g/mol. The summed E-state index contributed by atoms with van der Waals surface area (Å²) in [5.41, 5.74) is 5.35. The first-order chi connectivity index (χ1) is 6.61. The highest BCUT2D eigenvalue weighted by Gasteiger charge is 2.08. The van der Waals surface area contributed by atoms with Gasteiger partial charge in [0.05, 0.1) is 10.9 Å². The molecule has 5 heteroatoms. The van der Waals surface area contributed by atoms with Crippen molar-refractivity contribution in [2.75, 3.05) is 5.75 Å².